The number of ether oxygens (including phenoxy) is 2. The van der Waals surface area contributed by atoms with Crippen molar-refractivity contribution >= 4 is 22.9 Å². The quantitative estimate of drug-likeness (QED) is 0.564. The van der Waals surface area contributed by atoms with Crippen molar-refractivity contribution in [1.29, 1.82) is 0 Å². The predicted molar refractivity (Wildman–Crippen MR) is 98.9 cm³/mol. The highest BCUT2D eigenvalue weighted by Gasteiger charge is 2.14. The number of benzene rings is 2. The lowest BCUT2D eigenvalue weighted by Crippen LogP contribution is -2.16. The molecule has 0 aliphatic rings. The first-order chi connectivity index (χ1) is 12.6. The van der Waals surface area contributed by atoms with Gasteiger partial charge in [-0.3, -0.25) is 4.79 Å². The van der Waals surface area contributed by atoms with Crippen LogP contribution in [0.15, 0.2) is 59.4 Å². The molecule has 26 heavy (non-hydrogen) atoms. The van der Waals surface area contributed by atoms with Gasteiger partial charge in [-0.2, -0.15) is 0 Å². The molecule has 1 atom stereocenters. The summed E-state index contributed by atoms with van der Waals surface area (Å²) in [5, 5.41) is 0.495. The maximum atomic E-state index is 12.1. The van der Waals surface area contributed by atoms with E-state index < -0.39 is 12.1 Å². The molecule has 132 valence electrons. The van der Waals surface area contributed by atoms with Gasteiger partial charge in [-0.1, -0.05) is 24.3 Å². The van der Waals surface area contributed by atoms with Gasteiger partial charge in [0.15, 0.2) is 11.9 Å². The highest BCUT2D eigenvalue weighted by Crippen LogP contribution is 2.16. The van der Waals surface area contributed by atoms with Crippen molar-refractivity contribution in [3.63, 3.8) is 0 Å². The van der Waals surface area contributed by atoms with E-state index in [-0.39, 0.29) is 5.56 Å². The van der Waals surface area contributed by atoms with Crippen LogP contribution in [0.4, 0.5) is 0 Å². The molecule has 3 aromatic rings. The number of nitrogens with one attached hydrogen (secondary N) is 1. The Labute approximate surface area is 150 Å². The molecule has 0 amide bonds. The molecule has 6 heteroatoms. The number of carbonyl (C=O) groups is 1. The van der Waals surface area contributed by atoms with Crippen molar-refractivity contribution < 1.29 is 14.3 Å². The second-order valence-electron chi connectivity index (χ2n) is 5.65. The zero-order valence-corrected chi connectivity index (χ0v) is 14.4. The van der Waals surface area contributed by atoms with Gasteiger partial charge in [0, 0.05) is 6.08 Å². The van der Waals surface area contributed by atoms with Crippen LogP contribution in [0.3, 0.4) is 0 Å². The van der Waals surface area contributed by atoms with E-state index in [1.165, 1.54) is 6.08 Å². The molecule has 0 fully saturated rings. The van der Waals surface area contributed by atoms with Gasteiger partial charge in [0.25, 0.3) is 5.56 Å². The number of methoxy groups -OCH3 is 1. The number of fused-ring (bicyclic) bond motifs is 1. The van der Waals surface area contributed by atoms with Crippen LogP contribution in [0.2, 0.25) is 0 Å². The molecular formula is C20H18N2O4. The molecule has 1 heterocycles. The average molecular weight is 350 g/mol. The van der Waals surface area contributed by atoms with Crippen LogP contribution >= 0.6 is 0 Å². The Morgan fingerprint density at radius 1 is 1.15 bits per heavy atom. The molecule has 0 saturated carbocycles. The first kappa shape index (κ1) is 17.4. The summed E-state index contributed by atoms with van der Waals surface area (Å²) in [4.78, 5) is 31.1. The van der Waals surface area contributed by atoms with Gasteiger partial charge < -0.3 is 14.5 Å². The number of nitrogens with zero attached hydrogens (tertiary/aromatic N) is 1. The van der Waals surface area contributed by atoms with Crippen molar-refractivity contribution in [3.8, 4) is 5.75 Å². The van der Waals surface area contributed by atoms with E-state index in [4.69, 9.17) is 9.47 Å². The fourth-order valence-electron chi connectivity index (χ4n) is 2.45. The van der Waals surface area contributed by atoms with E-state index in [9.17, 15) is 9.59 Å². The molecule has 0 aliphatic carbocycles. The Hall–Kier alpha value is -3.41. The molecule has 0 unspecified atom stereocenters. The minimum absolute atomic E-state index is 0.262. The number of aromatic amines is 1. The molecule has 2 aromatic carbocycles. The number of aromatic nitrogens is 2. The van der Waals surface area contributed by atoms with E-state index in [2.05, 4.69) is 9.97 Å². The second kappa shape index (κ2) is 7.65. The number of carbonyl (C=O) groups excluding carboxylic acids is 1. The SMILES string of the molecule is COc1ccc(/C=C/C(=O)O[C@H](C)c2nc3ccccc3c(=O)[nH]2)cc1. The summed E-state index contributed by atoms with van der Waals surface area (Å²) >= 11 is 0. The van der Waals surface area contributed by atoms with Crippen LogP contribution < -0.4 is 10.3 Å². The van der Waals surface area contributed by atoms with Crippen molar-refractivity contribution in [2.75, 3.05) is 7.11 Å². The number of hydrogen-bond acceptors (Lipinski definition) is 5. The van der Waals surface area contributed by atoms with Crippen LogP contribution in [0.5, 0.6) is 5.75 Å². The highest BCUT2D eigenvalue weighted by molar-refractivity contribution is 5.87. The van der Waals surface area contributed by atoms with Crippen LogP contribution in [-0.2, 0) is 9.53 Å². The van der Waals surface area contributed by atoms with Crippen LogP contribution in [0.1, 0.15) is 24.4 Å². The second-order valence-corrected chi connectivity index (χ2v) is 5.65. The smallest absolute Gasteiger partial charge is 0.331 e. The third-order valence-electron chi connectivity index (χ3n) is 3.84. The molecule has 0 aliphatic heterocycles. The van der Waals surface area contributed by atoms with Crippen molar-refractivity contribution in [1.82, 2.24) is 9.97 Å². The zero-order chi connectivity index (χ0) is 18.5. The van der Waals surface area contributed by atoms with Crippen molar-refractivity contribution in [3.05, 3.63) is 76.3 Å². The van der Waals surface area contributed by atoms with Gasteiger partial charge >= 0.3 is 5.97 Å². The Balaban J connectivity index is 1.70. The minimum Gasteiger partial charge on any atom is -0.497 e. The number of hydrogen-bond donors (Lipinski definition) is 1. The van der Waals surface area contributed by atoms with E-state index in [1.807, 2.05) is 12.1 Å². The fourth-order valence-corrected chi connectivity index (χ4v) is 2.45. The molecular weight excluding hydrogens is 332 g/mol. The minimum atomic E-state index is -0.680. The average Bonchev–Trinajstić information content (AvgIpc) is 2.66. The van der Waals surface area contributed by atoms with Gasteiger partial charge in [-0.05, 0) is 42.8 Å². The highest BCUT2D eigenvalue weighted by atomic mass is 16.5. The summed E-state index contributed by atoms with van der Waals surface area (Å²) in [6, 6.07) is 14.3. The Morgan fingerprint density at radius 3 is 2.62 bits per heavy atom. The first-order valence-corrected chi connectivity index (χ1v) is 8.08. The molecule has 1 N–H and O–H groups in total. The number of para-hydroxylation sites is 1. The molecule has 6 nitrogen and oxygen atoms in total. The molecule has 0 spiro atoms. The van der Waals surface area contributed by atoms with E-state index in [0.717, 1.165) is 11.3 Å². The Bertz CT molecular complexity index is 1010. The Kier molecular flexibility index (Phi) is 5.12. The zero-order valence-electron chi connectivity index (χ0n) is 14.4. The Morgan fingerprint density at radius 2 is 1.88 bits per heavy atom. The third kappa shape index (κ3) is 3.97. The van der Waals surface area contributed by atoms with Crippen LogP contribution in [-0.4, -0.2) is 23.0 Å². The van der Waals surface area contributed by atoms with Gasteiger partial charge in [0.2, 0.25) is 0 Å². The predicted octanol–water partition coefficient (Wildman–Crippen LogP) is 3.25. The summed E-state index contributed by atoms with van der Waals surface area (Å²) in [5.74, 6) is 0.522. The summed E-state index contributed by atoms with van der Waals surface area (Å²) in [6.45, 7) is 1.66. The van der Waals surface area contributed by atoms with E-state index in [0.29, 0.717) is 16.7 Å². The fraction of sp³-hybridized carbons (Fsp3) is 0.150. The normalized spacial score (nSPS) is 12.2. The van der Waals surface area contributed by atoms with E-state index >= 15 is 0 Å². The number of H-pyrrole nitrogens is 1. The number of rotatable bonds is 5. The largest absolute Gasteiger partial charge is 0.497 e. The lowest BCUT2D eigenvalue weighted by Gasteiger charge is -2.11. The van der Waals surface area contributed by atoms with Crippen LogP contribution in [0.25, 0.3) is 17.0 Å². The van der Waals surface area contributed by atoms with Gasteiger partial charge in [-0.15, -0.1) is 0 Å². The summed E-state index contributed by atoms with van der Waals surface area (Å²) < 4.78 is 10.4. The summed E-state index contributed by atoms with van der Waals surface area (Å²) in [7, 11) is 1.59. The monoisotopic (exact) mass is 350 g/mol. The first-order valence-electron chi connectivity index (χ1n) is 8.08. The van der Waals surface area contributed by atoms with Crippen molar-refractivity contribution in [2.24, 2.45) is 0 Å². The molecule has 0 saturated heterocycles. The number of esters is 1. The van der Waals surface area contributed by atoms with Gasteiger partial charge in [-0.25, -0.2) is 9.78 Å². The van der Waals surface area contributed by atoms with Crippen molar-refractivity contribution in [2.45, 2.75) is 13.0 Å². The molecule has 3 rings (SSSR count). The molecule has 1 aromatic heterocycles. The molecule has 0 bridgehead atoms. The summed E-state index contributed by atoms with van der Waals surface area (Å²) in [6.07, 6.45) is 2.29. The lowest BCUT2D eigenvalue weighted by molar-refractivity contribution is -0.142. The topological polar surface area (TPSA) is 81.3 Å². The van der Waals surface area contributed by atoms with E-state index in [1.54, 1.807) is 56.5 Å². The van der Waals surface area contributed by atoms with Gasteiger partial charge in [0.1, 0.15) is 5.75 Å². The lowest BCUT2D eigenvalue weighted by atomic mass is 10.2. The summed E-state index contributed by atoms with van der Waals surface area (Å²) in [5.41, 5.74) is 1.14. The maximum Gasteiger partial charge on any atom is 0.331 e. The van der Waals surface area contributed by atoms with Crippen LogP contribution in [0, 0.1) is 0 Å². The standard InChI is InChI=1S/C20H18N2O4/c1-13(19-21-17-6-4-3-5-16(17)20(24)22-19)26-18(23)12-9-14-7-10-15(25-2)11-8-14/h3-13H,1-2H3,(H,21,22,24)/b12-9+/t13-/m1/s1. The third-order valence-corrected chi connectivity index (χ3v) is 3.84. The maximum absolute atomic E-state index is 12.1. The van der Waals surface area contributed by atoms with Gasteiger partial charge in [0.05, 0.1) is 18.0 Å². The molecule has 0 radical (unpaired) electrons.